The quantitative estimate of drug-likeness (QED) is 0.927. The Labute approximate surface area is 138 Å². The Morgan fingerprint density at radius 2 is 1.87 bits per heavy atom. The molecule has 0 radical (unpaired) electrons. The van der Waals surface area contributed by atoms with Crippen molar-refractivity contribution in [3.8, 4) is 0 Å². The molecule has 2 amide bonds. The van der Waals surface area contributed by atoms with Gasteiger partial charge in [0.2, 0.25) is 11.8 Å². The van der Waals surface area contributed by atoms with Crippen LogP contribution in [0.2, 0.25) is 0 Å². The van der Waals surface area contributed by atoms with Gasteiger partial charge in [0.15, 0.2) is 0 Å². The number of piperidine rings is 1. The first-order valence-electron chi connectivity index (χ1n) is 8.83. The topological polar surface area (TPSA) is 49.4 Å². The number of rotatable bonds is 4. The molecular weight excluding hydrogens is 288 g/mol. The van der Waals surface area contributed by atoms with Gasteiger partial charge in [-0.25, -0.2) is 0 Å². The number of nitrogens with zero attached hydrogens (tertiary/aromatic N) is 1. The molecule has 1 aromatic rings. The van der Waals surface area contributed by atoms with Crippen molar-refractivity contribution in [2.45, 2.75) is 51.5 Å². The van der Waals surface area contributed by atoms with Gasteiger partial charge in [0.1, 0.15) is 0 Å². The van der Waals surface area contributed by atoms with E-state index < -0.39 is 0 Å². The Morgan fingerprint density at radius 1 is 1.17 bits per heavy atom. The van der Waals surface area contributed by atoms with E-state index in [0.29, 0.717) is 13.0 Å². The number of fused-ring (bicyclic) bond motifs is 1. The van der Waals surface area contributed by atoms with Gasteiger partial charge in [-0.05, 0) is 50.2 Å². The summed E-state index contributed by atoms with van der Waals surface area (Å²) in [7, 11) is 0. The zero-order valence-electron chi connectivity index (χ0n) is 13.9. The zero-order chi connectivity index (χ0) is 16.2. The molecule has 0 spiro atoms. The number of amides is 2. The van der Waals surface area contributed by atoms with Crippen LogP contribution in [-0.4, -0.2) is 35.8 Å². The summed E-state index contributed by atoms with van der Waals surface area (Å²) in [5, 5.41) is 2.86. The third-order valence-corrected chi connectivity index (χ3v) is 5.11. The maximum absolute atomic E-state index is 13.0. The molecular formula is C19H26N2O2. The van der Waals surface area contributed by atoms with Crippen molar-refractivity contribution in [3.05, 3.63) is 35.4 Å². The summed E-state index contributed by atoms with van der Waals surface area (Å²) in [4.78, 5) is 26.9. The van der Waals surface area contributed by atoms with Gasteiger partial charge in [-0.15, -0.1) is 0 Å². The molecule has 0 aromatic heterocycles. The SMILES string of the molecule is CCNC(=O)CC1CCCCN1C(=O)C1Cc2ccccc2C1. The Morgan fingerprint density at radius 3 is 2.52 bits per heavy atom. The fraction of sp³-hybridized carbons (Fsp3) is 0.579. The number of hydrogen-bond acceptors (Lipinski definition) is 2. The van der Waals surface area contributed by atoms with Gasteiger partial charge in [-0.2, -0.15) is 0 Å². The zero-order valence-corrected chi connectivity index (χ0v) is 13.9. The van der Waals surface area contributed by atoms with E-state index in [1.165, 1.54) is 11.1 Å². The van der Waals surface area contributed by atoms with Gasteiger partial charge >= 0.3 is 0 Å². The highest BCUT2D eigenvalue weighted by molar-refractivity contribution is 5.82. The molecule has 1 aromatic carbocycles. The molecule has 1 aliphatic heterocycles. The minimum Gasteiger partial charge on any atom is -0.356 e. The molecule has 0 saturated carbocycles. The highest BCUT2D eigenvalue weighted by Gasteiger charge is 2.35. The van der Waals surface area contributed by atoms with E-state index in [9.17, 15) is 9.59 Å². The Hall–Kier alpha value is -1.84. The monoisotopic (exact) mass is 314 g/mol. The lowest BCUT2D eigenvalue weighted by Gasteiger charge is -2.37. The van der Waals surface area contributed by atoms with E-state index >= 15 is 0 Å². The maximum Gasteiger partial charge on any atom is 0.226 e. The molecule has 124 valence electrons. The second-order valence-corrected chi connectivity index (χ2v) is 6.71. The molecule has 1 aliphatic carbocycles. The lowest BCUT2D eigenvalue weighted by atomic mass is 9.95. The third-order valence-electron chi connectivity index (χ3n) is 5.11. The number of carbonyl (C=O) groups excluding carboxylic acids is 2. The van der Waals surface area contributed by atoms with E-state index in [0.717, 1.165) is 38.6 Å². The van der Waals surface area contributed by atoms with Crippen molar-refractivity contribution in [2.24, 2.45) is 5.92 Å². The number of hydrogen-bond donors (Lipinski definition) is 1. The first-order valence-corrected chi connectivity index (χ1v) is 8.83. The van der Waals surface area contributed by atoms with E-state index in [-0.39, 0.29) is 23.8 Å². The van der Waals surface area contributed by atoms with Crippen LogP contribution in [0.4, 0.5) is 0 Å². The van der Waals surface area contributed by atoms with Gasteiger partial charge < -0.3 is 10.2 Å². The van der Waals surface area contributed by atoms with Crippen LogP contribution >= 0.6 is 0 Å². The summed E-state index contributed by atoms with van der Waals surface area (Å²) in [6.45, 7) is 3.38. The lowest BCUT2D eigenvalue weighted by molar-refractivity contribution is -0.140. The smallest absolute Gasteiger partial charge is 0.226 e. The first kappa shape index (κ1) is 16.0. The number of nitrogens with one attached hydrogen (secondary N) is 1. The van der Waals surface area contributed by atoms with Gasteiger partial charge in [0.05, 0.1) is 0 Å². The van der Waals surface area contributed by atoms with E-state index in [4.69, 9.17) is 0 Å². The molecule has 1 unspecified atom stereocenters. The van der Waals surface area contributed by atoms with Crippen LogP contribution in [0.3, 0.4) is 0 Å². The molecule has 2 aliphatic rings. The lowest BCUT2D eigenvalue weighted by Crippen LogP contribution is -2.48. The van der Waals surface area contributed by atoms with Crippen LogP contribution in [0.5, 0.6) is 0 Å². The number of likely N-dealkylation sites (tertiary alicyclic amines) is 1. The van der Waals surface area contributed by atoms with E-state index in [1.807, 2.05) is 24.0 Å². The molecule has 4 heteroatoms. The summed E-state index contributed by atoms with van der Waals surface area (Å²) in [5.74, 6) is 0.365. The van der Waals surface area contributed by atoms with Crippen molar-refractivity contribution < 1.29 is 9.59 Å². The average Bonchev–Trinajstić information content (AvgIpc) is 2.99. The normalized spacial score (nSPS) is 21.1. The molecule has 1 N–H and O–H groups in total. The summed E-state index contributed by atoms with van der Waals surface area (Å²) in [5.41, 5.74) is 2.62. The van der Waals surface area contributed by atoms with Crippen LogP contribution in [0.15, 0.2) is 24.3 Å². The number of carbonyl (C=O) groups is 2. The fourth-order valence-corrected chi connectivity index (χ4v) is 3.95. The van der Waals surface area contributed by atoms with Crippen LogP contribution in [0.1, 0.15) is 43.7 Å². The van der Waals surface area contributed by atoms with Crippen LogP contribution in [0.25, 0.3) is 0 Å². The minimum absolute atomic E-state index is 0.0576. The molecule has 1 saturated heterocycles. The van der Waals surface area contributed by atoms with E-state index in [2.05, 4.69) is 17.4 Å². The van der Waals surface area contributed by atoms with Gasteiger partial charge in [0.25, 0.3) is 0 Å². The first-order chi connectivity index (χ1) is 11.2. The number of benzene rings is 1. The Bertz CT molecular complexity index is 559. The predicted octanol–water partition coefficient (Wildman–Crippen LogP) is 2.31. The predicted molar refractivity (Wildman–Crippen MR) is 90.0 cm³/mol. The average molecular weight is 314 g/mol. The summed E-state index contributed by atoms with van der Waals surface area (Å²) >= 11 is 0. The largest absolute Gasteiger partial charge is 0.356 e. The minimum atomic E-state index is 0.0576. The molecule has 1 heterocycles. The highest BCUT2D eigenvalue weighted by Crippen LogP contribution is 2.30. The summed E-state index contributed by atoms with van der Waals surface area (Å²) in [6, 6.07) is 8.43. The van der Waals surface area contributed by atoms with Crippen LogP contribution in [-0.2, 0) is 22.4 Å². The standard InChI is InChI=1S/C19H26N2O2/c1-2-20-18(22)13-17-9-5-6-10-21(17)19(23)16-11-14-7-3-4-8-15(14)12-16/h3-4,7-8,16-17H,2,5-6,9-13H2,1H3,(H,20,22). The molecule has 1 fully saturated rings. The summed E-state index contributed by atoms with van der Waals surface area (Å²) in [6.07, 6.45) is 5.25. The van der Waals surface area contributed by atoms with Crippen molar-refractivity contribution in [1.29, 1.82) is 0 Å². The van der Waals surface area contributed by atoms with Gasteiger partial charge in [-0.1, -0.05) is 24.3 Å². The molecule has 23 heavy (non-hydrogen) atoms. The van der Waals surface area contributed by atoms with Crippen molar-refractivity contribution in [2.75, 3.05) is 13.1 Å². The van der Waals surface area contributed by atoms with E-state index in [1.54, 1.807) is 0 Å². The van der Waals surface area contributed by atoms with Crippen molar-refractivity contribution in [3.63, 3.8) is 0 Å². The highest BCUT2D eigenvalue weighted by atomic mass is 16.2. The molecule has 1 atom stereocenters. The fourth-order valence-electron chi connectivity index (χ4n) is 3.95. The summed E-state index contributed by atoms with van der Waals surface area (Å²) < 4.78 is 0. The molecule has 4 nitrogen and oxygen atoms in total. The molecule has 0 bridgehead atoms. The van der Waals surface area contributed by atoms with Gasteiger partial charge in [0, 0.05) is 31.5 Å². The van der Waals surface area contributed by atoms with Crippen molar-refractivity contribution >= 4 is 11.8 Å². The van der Waals surface area contributed by atoms with Crippen molar-refractivity contribution in [1.82, 2.24) is 10.2 Å². The van der Waals surface area contributed by atoms with Crippen LogP contribution in [0, 0.1) is 5.92 Å². The molecule has 3 rings (SSSR count). The second kappa shape index (κ2) is 7.16. The maximum atomic E-state index is 13.0. The second-order valence-electron chi connectivity index (χ2n) is 6.71. The van der Waals surface area contributed by atoms with Crippen LogP contribution < -0.4 is 5.32 Å². The Kier molecular flexibility index (Phi) is 4.99. The Balaban J connectivity index is 1.66. The van der Waals surface area contributed by atoms with Gasteiger partial charge in [-0.3, -0.25) is 9.59 Å². The third kappa shape index (κ3) is 3.57.